The first-order valence-corrected chi connectivity index (χ1v) is 7.57. The molecule has 2 heterocycles. The number of carbonyl (C=O) groups is 1. The number of carbonyl (C=O) groups excluding carboxylic acids is 1. The van der Waals surface area contributed by atoms with Crippen LogP contribution in [0.15, 0.2) is 6.07 Å². The van der Waals surface area contributed by atoms with Gasteiger partial charge < -0.3 is 10.2 Å². The first kappa shape index (κ1) is 17.1. The standard InChI is InChI=1S/C12H16Cl2N2OS.ClH/c1-15-6-8-3-2-4-16(7-8)12(17)9-5-10(13)18-11(9)14;/h5,8,15H,2-4,6-7H2,1H3;1H. The zero-order chi connectivity index (χ0) is 13.1. The van der Waals surface area contributed by atoms with Gasteiger partial charge in [-0.1, -0.05) is 23.2 Å². The fourth-order valence-electron chi connectivity index (χ4n) is 2.36. The van der Waals surface area contributed by atoms with Crippen LogP contribution in [0, 0.1) is 5.92 Å². The summed E-state index contributed by atoms with van der Waals surface area (Å²) in [5.74, 6) is 0.532. The van der Waals surface area contributed by atoms with Crippen molar-refractivity contribution in [3.05, 3.63) is 20.3 Å². The van der Waals surface area contributed by atoms with Crippen molar-refractivity contribution in [1.82, 2.24) is 10.2 Å². The minimum atomic E-state index is 0. The number of hydrogen-bond acceptors (Lipinski definition) is 3. The van der Waals surface area contributed by atoms with Gasteiger partial charge in [-0.3, -0.25) is 4.79 Å². The number of nitrogens with zero attached hydrogens (tertiary/aromatic N) is 1. The fraction of sp³-hybridized carbons (Fsp3) is 0.583. The molecule has 0 bridgehead atoms. The van der Waals surface area contributed by atoms with Gasteiger partial charge >= 0.3 is 0 Å². The fourth-order valence-corrected chi connectivity index (χ4v) is 3.81. The summed E-state index contributed by atoms with van der Waals surface area (Å²) in [5, 5.41) is 3.17. The van der Waals surface area contributed by atoms with E-state index in [1.54, 1.807) is 6.07 Å². The average Bonchev–Trinajstić information content (AvgIpc) is 2.68. The quantitative estimate of drug-likeness (QED) is 0.910. The summed E-state index contributed by atoms with van der Waals surface area (Å²) in [4.78, 5) is 14.2. The van der Waals surface area contributed by atoms with Crippen LogP contribution in [0.5, 0.6) is 0 Å². The lowest BCUT2D eigenvalue weighted by molar-refractivity contribution is 0.0675. The second-order valence-corrected chi connectivity index (χ2v) is 6.84. The highest BCUT2D eigenvalue weighted by atomic mass is 35.5. The van der Waals surface area contributed by atoms with E-state index in [4.69, 9.17) is 23.2 Å². The van der Waals surface area contributed by atoms with Gasteiger partial charge in [-0.2, -0.15) is 0 Å². The summed E-state index contributed by atoms with van der Waals surface area (Å²) in [6, 6.07) is 1.67. The molecular weight excluding hydrogens is 327 g/mol. The van der Waals surface area contributed by atoms with Crippen LogP contribution in [-0.4, -0.2) is 37.5 Å². The Labute approximate surface area is 133 Å². The average molecular weight is 344 g/mol. The molecule has 0 aliphatic carbocycles. The third-order valence-electron chi connectivity index (χ3n) is 3.19. The lowest BCUT2D eigenvalue weighted by Gasteiger charge is -2.32. The van der Waals surface area contributed by atoms with E-state index >= 15 is 0 Å². The molecule has 1 N–H and O–H groups in total. The Morgan fingerprint density at radius 1 is 1.58 bits per heavy atom. The minimum Gasteiger partial charge on any atom is -0.338 e. The minimum absolute atomic E-state index is 0. The van der Waals surface area contributed by atoms with Crippen LogP contribution in [0.4, 0.5) is 0 Å². The van der Waals surface area contributed by atoms with E-state index in [1.807, 2.05) is 11.9 Å². The third-order valence-corrected chi connectivity index (χ3v) is 4.67. The van der Waals surface area contributed by atoms with Gasteiger partial charge in [0, 0.05) is 13.1 Å². The van der Waals surface area contributed by atoms with E-state index in [0.29, 0.717) is 20.2 Å². The zero-order valence-electron chi connectivity index (χ0n) is 10.6. The summed E-state index contributed by atoms with van der Waals surface area (Å²) in [6.07, 6.45) is 2.22. The van der Waals surface area contributed by atoms with Crippen molar-refractivity contribution in [3.8, 4) is 0 Å². The number of halogens is 3. The van der Waals surface area contributed by atoms with Gasteiger partial charge in [0.2, 0.25) is 0 Å². The molecule has 0 spiro atoms. The Morgan fingerprint density at radius 2 is 2.32 bits per heavy atom. The monoisotopic (exact) mass is 342 g/mol. The van der Waals surface area contributed by atoms with E-state index < -0.39 is 0 Å². The maximum absolute atomic E-state index is 12.4. The molecule has 0 saturated carbocycles. The van der Waals surface area contributed by atoms with Gasteiger partial charge in [-0.15, -0.1) is 23.7 Å². The van der Waals surface area contributed by atoms with Crippen LogP contribution in [-0.2, 0) is 0 Å². The molecule has 19 heavy (non-hydrogen) atoms. The molecular formula is C12H17Cl3N2OS. The van der Waals surface area contributed by atoms with Crippen molar-refractivity contribution in [1.29, 1.82) is 0 Å². The highest BCUT2D eigenvalue weighted by Gasteiger charge is 2.26. The van der Waals surface area contributed by atoms with E-state index in [-0.39, 0.29) is 18.3 Å². The third kappa shape index (κ3) is 4.23. The molecule has 1 saturated heterocycles. The predicted octanol–water partition coefficient (Wildman–Crippen LogP) is 3.55. The van der Waals surface area contributed by atoms with Crippen molar-refractivity contribution in [2.45, 2.75) is 12.8 Å². The van der Waals surface area contributed by atoms with Crippen LogP contribution in [0.3, 0.4) is 0 Å². The van der Waals surface area contributed by atoms with Crippen molar-refractivity contribution < 1.29 is 4.79 Å². The van der Waals surface area contributed by atoms with Gasteiger partial charge in [-0.05, 0) is 38.4 Å². The van der Waals surface area contributed by atoms with E-state index in [0.717, 1.165) is 26.1 Å². The van der Waals surface area contributed by atoms with Gasteiger partial charge in [0.05, 0.1) is 9.90 Å². The number of rotatable bonds is 3. The largest absolute Gasteiger partial charge is 0.338 e. The smallest absolute Gasteiger partial charge is 0.256 e. The molecule has 7 heteroatoms. The SMILES string of the molecule is CNCC1CCCN(C(=O)c2cc(Cl)sc2Cl)C1.Cl. The highest BCUT2D eigenvalue weighted by Crippen LogP contribution is 2.32. The van der Waals surface area contributed by atoms with Crippen LogP contribution in [0.1, 0.15) is 23.2 Å². The van der Waals surface area contributed by atoms with Crippen LogP contribution in [0.2, 0.25) is 8.67 Å². The Hall–Kier alpha value is -0.000000000000000222. The van der Waals surface area contributed by atoms with Gasteiger partial charge in [-0.25, -0.2) is 0 Å². The molecule has 2 rings (SSSR count). The maximum Gasteiger partial charge on any atom is 0.256 e. The zero-order valence-corrected chi connectivity index (χ0v) is 13.8. The van der Waals surface area contributed by atoms with E-state index in [1.165, 1.54) is 17.8 Å². The maximum atomic E-state index is 12.4. The molecule has 0 aromatic carbocycles. The Balaban J connectivity index is 0.00000180. The Morgan fingerprint density at radius 3 is 2.89 bits per heavy atom. The van der Waals surface area contributed by atoms with Crippen molar-refractivity contribution in [2.24, 2.45) is 5.92 Å². The normalized spacial score (nSPS) is 19.1. The molecule has 0 radical (unpaired) electrons. The van der Waals surface area contributed by atoms with E-state index in [9.17, 15) is 4.79 Å². The number of piperidine rings is 1. The molecule has 1 aromatic rings. The summed E-state index contributed by atoms with van der Waals surface area (Å²) in [5.41, 5.74) is 0.539. The first-order valence-electron chi connectivity index (χ1n) is 6.00. The predicted molar refractivity (Wildman–Crippen MR) is 84.1 cm³/mol. The Kier molecular flexibility index (Phi) is 6.91. The number of amides is 1. The molecule has 1 unspecified atom stereocenters. The number of nitrogens with one attached hydrogen (secondary N) is 1. The van der Waals surface area contributed by atoms with Crippen LogP contribution >= 0.6 is 46.9 Å². The lowest BCUT2D eigenvalue weighted by atomic mass is 9.97. The van der Waals surface area contributed by atoms with E-state index in [2.05, 4.69) is 5.32 Å². The van der Waals surface area contributed by atoms with Crippen molar-refractivity contribution in [2.75, 3.05) is 26.7 Å². The molecule has 3 nitrogen and oxygen atoms in total. The lowest BCUT2D eigenvalue weighted by Crippen LogP contribution is -2.42. The summed E-state index contributed by atoms with van der Waals surface area (Å²) in [6.45, 7) is 2.55. The van der Waals surface area contributed by atoms with Gasteiger partial charge in [0.25, 0.3) is 5.91 Å². The van der Waals surface area contributed by atoms with Crippen molar-refractivity contribution in [3.63, 3.8) is 0 Å². The molecule has 1 aromatic heterocycles. The second-order valence-electron chi connectivity index (χ2n) is 4.55. The van der Waals surface area contributed by atoms with Gasteiger partial charge in [0.1, 0.15) is 4.34 Å². The summed E-state index contributed by atoms with van der Waals surface area (Å²) in [7, 11) is 1.94. The molecule has 1 aliphatic heterocycles. The number of thiophene rings is 1. The Bertz CT molecular complexity index is 437. The summed E-state index contributed by atoms with van der Waals surface area (Å²) >= 11 is 13.2. The molecule has 1 fully saturated rings. The number of likely N-dealkylation sites (tertiary alicyclic amines) is 1. The molecule has 1 atom stereocenters. The number of hydrogen-bond donors (Lipinski definition) is 1. The molecule has 1 aliphatic rings. The highest BCUT2D eigenvalue weighted by molar-refractivity contribution is 7.20. The summed E-state index contributed by atoms with van der Waals surface area (Å²) < 4.78 is 1.05. The van der Waals surface area contributed by atoms with Crippen LogP contribution in [0.25, 0.3) is 0 Å². The van der Waals surface area contributed by atoms with Crippen LogP contribution < -0.4 is 5.32 Å². The first-order chi connectivity index (χ1) is 8.61. The second kappa shape index (κ2) is 7.70. The van der Waals surface area contributed by atoms with Crippen molar-refractivity contribution >= 4 is 52.9 Å². The molecule has 1 amide bonds. The molecule has 108 valence electrons. The topological polar surface area (TPSA) is 32.3 Å². The van der Waals surface area contributed by atoms with Gasteiger partial charge in [0.15, 0.2) is 0 Å².